The Morgan fingerprint density at radius 1 is 0.906 bits per heavy atom. The first-order valence-corrected chi connectivity index (χ1v) is 18.4. The van der Waals surface area contributed by atoms with E-state index in [0.717, 1.165) is 65.2 Å². The van der Waals surface area contributed by atoms with Crippen molar-refractivity contribution in [3.8, 4) is 5.75 Å². The lowest BCUT2D eigenvalue weighted by molar-refractivity contribution is -0.135. The van der Waals surface area contributed by atoms with E-state index >= 15 is 0 Å². The molecule has 0 fully saturated rings. The lowest BCUT2D eigenvalue weighted by Gasteiger charge is -2.15. The Kier molecular flexibility index (Phi) is 20.2. The van der Waals surface area contributed by atoms with Gasteiger partial charge >= 0.3 is 0 Å². The van der Waals surface area contributed by atoms with Crippen molar-refractivity contribution in [3.05, 3.63) is 70.0 Å². The zero-order valence-electron chi connectivity index (χ0n) is 29.7. The summed E-state index contributed by atoms with van der Waals surface area (Å²) in [6.45, 7) is 3.62. The van der Waals surface area contributed by atoms with Crippen LogP contribution in [0.5, 0.6) is 5.75 Å². The number of benzene rings is 2. The summed E-state index contributed by atoms with van der Waals surface area (Å²) in [6, 6.07) is 12.8. The fraction of sp³-hybridized carbons (Fsp3) is 0.394. The quantitative estimate of drug-likeness (QED) is 0.0431. The van der Waals surface area contributed by atoms with E-state index < -0.39 is 34.0 Å². The first-order valence-electron chi connectivity index (χ1n) is 16.1. The van der Waals surface area contributed by atoms with Crippen LogP contribution < -0.4 is 32.6 Å². The van der Waals surface area contributed by atoms with Crippen molar-refractivity contribution in [2.75, 3.05) is 42.1 Å². The van der Waals surface area contributed by atoms with Crippen LogP contribution in [0.2, 0.25) is 5.15 Å². The van der Waals surface area contributed by atoms with Crippen molar-refractivity contribution in [3.63, 3.8) is 0 Å². The number of nitrogen functional groups attached to an aromatic ring is 2. The Bertz CT molecular complexity index is 1780. The number of aryl methyl sites for hydroxylation is 2. The molecule has 0 aliphatic heterocycles. The molecule has 0 unspecified atom stereocenters. The van der Waals surface area contributed by atoms with Crippen LogP contribution in [-0.4, -0.2) is 88.5 Å². The van der Waals surface area contributed by atoms with Crippen LogP contribution in [0.1, 0.15) is 72.8 Å². The van der Waals surface area contributed by atoms with Crippen LogP contribution in [0, 0.1) is 0 Å². The number of guanidine groups is 1. The van der Waals surface area contributed by atoms with Crippen molar-refractivity contribution >= 4 is 62.8 Å². The average molecular weight is 782 g/mol. The van der Waals surface area contributed by atoms with Gasteiger partial charge in [0.05, 0.1) is 18.0 Å². The van der Waals surface area contributed by atoms with E-state index in [-0.39, 0.29) is 39.9 Å². The Balaban J connectivity index is 0.00000159. The predicted octanol–water partition coefficient (Wildman–Crippen LogP) is 2.27. The fourth-order valence-corrected chi connectivity index (χ4v) is 5.00. The Morgan fingerprint density at radius 2 is 1.45 bits per heavy atom. The molecule has 1 heterocycles. The molecule has 13 N–H and O–H groups in total. The largest absolute Gasteiger partial charge is 0.506 e. The van der Waals surface area contributed by atoms with Crippen molar-refractivity contribution < 1.29 is 43.2 Å². The Hall–Kier alpha value is -5.24. The van der Waals surface area contributed by atoms with E-state index in [2.05, 4.69) is 54.6 Å². The summed E-state index contributed by atoms with van der Waals surface area (Å²) >= 11 is 5.80. The molecule has 0 aliphatic carbocycles. The summed E-state index contributed by atoms with van der Waals surface area (Å²) in [4.78, 5) is 42.0. The molecule has 18 nitrogen and oxygen atoms in total. The molecule has 20 heteroatoms. The molecule has 1 aromatic heterocycles. The molecule has 2 aromatic carbocycles. The highest BCUT2D eigenvalue weighted by molar-refractivity contribution is 7.92. The molecule has 0 saturated carbocycles. The van der Waals surface area contributed by atoms with Gasteiger partial charge in [-0.2, -0.15) is 0 Å². The second-order valence-corrected chi connectivity index (χ2v) is 13.6. The number of carboxylic acids is 2. The number of nitrogens with one attached hydrogen (secondary N) is 3. The number of nitrogens with two attached hydrogens (primary N) is 3. The number of carbonyl (C=O) groups excluding carboxylic acids is 1. The van der Waals surface area contributed by atoms with E-state index in [1.807, 2.05) is 0 Å². The number of phenols is 1. The number of hydrogen-bond acceptors (Lipinski definition) is 13. The lowest BCUT2D eigenvalue weighted by atomic mass is 10.0. The number of aliphatic hydroxyl groups is 1. The van der Waals surface area contributed by atoms with Gasteiger partial charge in [-0.3, -0.25) is 29.4 Å². The number of halogens is 1. The molecular weight excluding hydrogens is 734 g/mol. The summed E-state index contributed by atoms with van der Waals surface area (Å²) in [5.41, 5.74) is 19.8. The van der Waals surface area contributed by atoms with Crippen LogP contribution >= 0.6 is 11.6 Å². The molecule has 292 valence electrons. The number of nitrogens with zero attached hydrogens (tertiary/aromatic N) is 3. The zero-order chi connectivity index (χ0) is 40.1. The minimum absolute atomic E-state index is 0.0302. The molecule has 53 heavy (non-hydrogen) atoms. The minimum atomic E-state index is -3.55. The number of anilines is 3. The molecule has 1 amide bonds. The third-order valence-corrected chi connectivity index (χ3v) is 7.52. The maximum absolute atomic E-state index is 12.3. The van der Waals surface area contributed by atoms with Crippen LogP contribution in [0.25, 0.3) is 0 Å². The third kappa shape index (κ3) is 20.4. The van der Waals surface area contributed by atoms with Gasteiger partial charge in [0.2, 0.25) is 10.0 Å². The molecule has 0 saturated heterocycles. The van der Waals surface area contributed by atoms with Crippen LogP contribution in [0.4, 0.5) is 17.3 Å². The first kappa shape index (κ1) is 45.8. The number of aliphatic imine (C=N–C) groups is 1. The number of carbonyl (C=O) groups is 3. The number of phenolic OH excluding ortho intramolecular Hbond substituents is 1. The van der Waals surface area contributed by atoms with Crippen molar-refractivity contribution in [1.82, 2.24) is 20.6 Å². The lowest BCUT2D eigenvalue weighted by Crippen LogP contribution is -2.38. The number of aliphatic hydroxyl groups excluding tert-OH is 1. The number of hydrogen-bond donors (Lipinski definition) is 10. The molecule has 3 rings (SSSR count). The highest BCUT2D eigenvalue weighted by atomic mass is 35.5. The first-order chi connectivity index (χ1) is 24.8. The van der Waals surface area contributed by atoms with Crippen molar-refractivity contribution in [1.29, 1.82) is 0 Å². The van der Waals surface area contributed by atoms with Crippen LogP contribution in [0.15, 0.2) is 47.5 Å². The maximum Gasteiger partial charge on any atom is 0.300 e. The highest BCUT2D eigenvalue weighted by Crippen LogP contribution is 2.27. The van der Waals surface area contributed by atoms with Crippen molar-refractivity contribution in [2.45, 2.75) is 58.5 Å². The summed E-state index contributed by atoms with van der Waals surface area (Å²) in [6.07, 6.45) is 5.53. The highest BCUT2D eigenvalue weighted by Gasteiger charge is 2.17. The maximum atomic E-state index is 12.3. The van der Waals surface area contributed by atoms with Gasteiger partial charge in [-0.15, -0.1) is 0 Å². The van der Waals surface area contributed by atoms with Gasteiger partial charge in [-0.25, -0.2) is 18.4 Å². The zero-order valence-corrected chi connectivity index (χ0v) is 31.2. The molecular formula is C33H48ClN9O9S. The van der Waals surface area contributed by atoms with Gasteiger partial charge in [-0.05, 0) is 73.9 Å². The van der Waals surface area contributed by atoms with Gasteiger partial charge in [0.1, 0.15) is 5.75 Å². The van der Waals surface area contributed by atoms with E-state index in [0.29, 0.717) is 18.7 Å². The number of carboxylic acid groups (broad SMARTS) is 2. The van der Waals surface area contributed by atoms with Crippen LogP contribution in [0.3, 0.4) is 0 Å². The standard InChI is InChI=1S/C29H40ClN9O5S.2C2H4O2/c1-45(43,44)39-21-16-20(12-13-22(21)40)23(41)17-34-14-4-2-6-18-8-10-19(11-9-18)7-3-5-15-35-29(33)38-28(42)24-26(31)37-27(32)25(30)36-24;2*1-2(3)4/h8-13,16,23,34,39-41H,2-7,14-15,17H2,1H3,(H4,31,32,37)(H3,33,35,38,42);2*1H3,(H,3,4)/t23-;;/m0../s1. The van der Waals surface area contributed by atoms with E-state index in [1.54, 1.807) is 6.07 Å². The molecule has 0 bridgehead atoms. The summed E-state index contributed by atoms with van der Waals surface area (Å²) in [5, 5.41) is 40.6. The average Bonchev–Trinajstić information content (AvgIpc) is 3.04. The fourth-order valence-electron chi connectivity index (χ4n) is 4.31. The second kappa shape index (κ2) is 23.3. The monoisotopic (exact) mass is 781 g/mol. The molecule has 3 aromatic rings. The molecule has 0 spiro atoms. The van der Waals surface area contributed by atoms with Crippen LogP contribution in [-0.2, 0) is 32.5 Å². The Labute approximate surface area is 312 Å². The second-order valence-electron chi connectivity index (χ2n) is 11.5. The van der Waals surface area contributed by atoms with Crippen molar-refractivity contribution in [2.24, 2.45) is 10.7 Å². The number of aromatic hydroxyl groups is 1. The number of aromatic nitrogens is 2. The predicted molar refractivity (Wildman–Crippen MR) is 203 cm³/mol. The Morgan fingerprint density at radius 3 is 2.00 bits per heavy atom. The van der Waals surface area contributed by atoms with E-state index in [9.17, 15) is 23.4 Å². The van der Waals surface area contributed by atoms with Gasteiger partial charge in [0.15, 0.2) is 28.4 Å². The van der Waals surface area contributed by atoms with E-state index in [1.165, 1.54) is 23.3 Å². The number of unbranched alkanes of at least 4 members (excludes halogenated alkanes) is 2. The number of sulfonamides is 1. The normalized spacial score (nSPS) is 11.6. The SMILES string of the molecule is CC(=O)O.CC(=O)O.CS(=O)(=O)Nc1cc([C@@H](O)CNCCCCc2ccc(CCCCN=C(N)NC(=O)c3nc(Cl)c(N)nc3N)cc2)ccc1O. The van der Waals surface area contributed by atoms with Gasteiger partial charge in [-0.1, -0.05) is 41.9 Å². The summed E-state index contributed by atoms with van der Waals surface area (Å²) in [7, 11) is -3.55. The number of rotatable bonds is 16. The summed E-state index contributed by atoms with van der Waals surface area (Å²) in [5.74, 6) is -2.84. The smallest absolute Gasteiger partial charge is 0.300 e. The van der Waals surface area contributed by atoms with Gasteiger partial charge in [0, 0.05) is 26.9 Å². The molecule has 0 aliphatic rings. The van der Waals surface area contributed by atoms with Gasteiger partial charge < -0.3 is 42.9 Å². The molecule has 0 radical (unpaired) electrons. The number of amides is 1. The third-order valence-electron chi connectivity index (χ3n) is 6.65. The number of aliphatic carboxylic acids is 2. The van der Waals surface area contributed by atoms with E-state index in [4.69, 9.17) is 48.6 Å². The minimum Gasteiger partial charge on any atom is -0.506 e. The van der Waals surface area contributed by atoms with Gasteiger partial charge in [0.25, 0.3) is 17.8 Å². The molecule has 1 atom stereocenters. The topological polar surface area (TPSA) is 319 Å². The summed E-state index contributed by atoms with van der Waals surface area (Å²) < 4.78 is 25.2.